The molecule has 1 atom stereocenters. The molecule has 0 bridgehead atoms. The highest BCUT2D eigenvalue weighted by molar-refractivity contribution is 7.91. The van der Waals surface area contributed by atoms with Gasteiger partial charge in [0.2, 0.25) is 0 Å². The molecular formula is C19H25N3O3S2. The van der Waals surface area contributed by atoms with Gasteiger partial charge in [-0.1, -0.05) is 0 Å². The fraction of sp³-hybridized carbons (Fsp3) is 0.526. The number of methoxy groups -OCH3 is 1. The van der Waals surface area contributed by atoms with Crippen molar-refractivity contribution in [1.82, 2.24) is 9.21 Å². The van der Waals surface area contributed by atoms with E-state index in [1.54, 1.807) is 26.3 Å². The number of aryl methyl sites for hydroxylation is 1. The Morgan fingerprint density at radius 3 is 2.93 bits per heavy atom. The Morgan fingerprint density at radius 1 is 1.44 bits per heavy atom. The van der Waals surface area contributed by atoms with Crippen molar-refractivity contribution in [2.45, 2.75) is 17.6 Å². The van der Waals surface area contributed by atoms with Gasteiger partial charge in [-0.25, -0.2) is 8.42 Å². The topological polar surface area (TPSA) is 73.6 Å². The van der Waals surface area contributed by atoms with Crippen molar-refractivity contribution < 1.29 is 13.2 Å². The molecular weight excluding hydrogens is 382 g/mol. The molecule has 1 fully saturated rings. The molecule has 1 unspecified atom stereocenters. The number of thiophene rings is 1. The molecule has 0 aliphatic carbocycles. The SMILES string of the molecule is COCCN1CCC(CN(C)S(=O)(=O)c2sc3ccc(C#N)cc3c2C)C1. The van der Waals surface area contributed by atoms with Gasteiger partial charge in [0.25, 0.3) is 10.0 Å². The number of sulfonamides is 1. The smallest absolute Gasteiger partial charge is 0.252 e. The first kappa shape index (κ1) is 20.2. The maximum absolute atomic E-state index is 13.2. The van der Waals surface area contributed by atoms with Gasteiger partial charge in [0.05, 0.1) is 18.2 Å². The van der Waals surface area contributed by atoms with Gasteiger partial charge in [-0.3, -0.25) is 0 Å². The van der Waals surface area contributed by atoms with Crippen molar-refractivity contribution in [3.05, 3.63) is 29.3 Å². The summed E-state index contributed by atoms with van der Waals surface area (Å²) >= 11 is 1.28. The maximum Gasteiger partial charge on any atom is 0.252 e. The standard InChI is InChI=1S/C19H25N3O3S2/c1-14-17-10-15(11-20)4-5-18(17)26-19(14)27(23,24)21(2)12-16-6-7-22(13-16)8-9-25-3/h4-5,10,16H,6-9,12-13H2,1-3H3. The van der Waals surface area contributed by atoms with Gasteiger partial charge < -0.3 is 9.64 Å². The Balaban J connectivity index is 1.77. The van der Waals surface area contributed by atoms with Gasteiger partial charge in [0, 0.05) is 38.5 Å². The van der Waals surface area contributed by atoms with E-state index >= 15 is 0 Å². The number of hydrogen-bond acceptors (Lipinski definition) is 6. The first-order valence-corrected chi connectivity index (χ1v) is 11.2. The molecule has 27 heavy (non-hydrogen) atoms. The van der Waals surface area contributed by atoms with Crippen LogP contribution in [0.5, 0.6) is 0 Å². The lowest BCUT2D eigenvalue weighted by molar-refractivity contribution is 0.158. The second-order valence-electron chi connectivity index (χ2n) is 7.07. The maximum atomic E-state index is 13.2. The van der Waals surface area contributed by atoms with Crippen molar-refractivity contribution in [3.63, 3.8) is 0 Å². The molecule has 1 aromatic carbocycles. The Labute approximate surface area is 165 Å². The molecule has 1 aromatic heterocycles. The highest BCUT2D eigenvalue weighted by Crippen LogP contribution is 2.36. The summed E-state index contributed by atoms with van der Waals surface area (Å²) in [5, 5.41) is 9.94. The fourth-order valence-corrected chi connectivity index (χ4v) is 6.78. The number of hydrogen-bond donors (Lipinski definition) is 0. The Kier molecular flexibility index (Phi) is 6.18. The molecule has 0 radical (unpaired) electrons. The third-order valence-corrected chi connectivity index (χ3v) is 8.86. The van der Waals surface area contributed by atoms with Crippen LogP contribution in [0.3, 0.4) is 0 Å². The first-order valence-electron chi connectivity index (χ1n) is 8.97. The van der Waals surface area contributed by atoms with Crippen LogP contribution in [0.1, 0.15) is 17.5 Å². The number of likely N-dealkylation sites (tertiary alicyclic amines) is 1. The largest absolute Gasteiger partial charge is 0.383 e. The molecule has 1 saturated heterocycles. The fourth-order valence-electron chi connectivity index (χ4n) is 3.60. The highest BCUT2D eigenvalue weighted by atomic mass is 32.2. The normalized spacial score (nSPS) is 18.4. The quantitative estimate of drug-likeness (QED) is 0.705. The Hall–Kier alpha value is -1.50. The predicted molar refractivity (Wildman–Crippen MR) is 108 cm³/mol. The van der Waals surface area contributed by atoms with Crippen molar-refractivity contribution in [1.29, 1.82) is 5.26 Å². The zero-order chi connectivity index (χ0) is 19.6. The van der Waals surface area contributed by atoms with Crippen LogP contribution >= 0.6 is 11.3 Å². The number of nitriles is 1. The van der Waals surface area contributed by atoms with Crippen LogP contribution < -0.4 is 0 Å². The minimum atomic E-state index is -3.55. The van der Waals surface area contributed by atoms with Gasteiger partial charge in [0.15, 0.2) is 0 Å². The lowest BCUT2D eigenvalue weighted by Gasteiger charge is -2.21. The van der Waals surface area contributed by atoms with E-state index in [2.05, 4.69) is 11.0 Å². The number of benzene rings is 1. The highest BCUT2D eigenvalue weighted by Gasteiger charge is 2.30. The Morgan fingerprint density at radius 2 is 2.22 bits per heavy atom. The van der Waals surface area contributed by atoms with Crippen molar-refractivity contribution in [2.75, 3.05) is 46.9 Å². The van der Waals surface area contributed by atoms with E-state index in [4.69, 9.17) is 10.00 Å². The molecule has 0 spiro atoms. The molecule has 2 aromatic rings. The molecule has 0 amide bonds. The Bertz CT molecular complexity index is 962. The van der Waals surface area contributed by atoms with Crippen LogP contribution in [-0.2, 0) is 14.8 Å². The molecule has 8 heteroatoms. The molecule has 6 nitrogen and oxygen atoms in total. The van der Waals surface area contributed by atoms with Gasteiger partial charge in [-0.15, -0.1) is 11.3 Å². The van der Waals surface area contributed by atoms with E-state index in [1.165, 1.54) is 15.6 Å². The summed E-state index contributed by atoms with van der Waals surface area (Å²) in [6.07, 6.45) is 1.00. The first-order chi connectivity index (χ1) is 12.9. The van der Waals surface area contributed by atoms with Crippen LogP contribution in [0.4, 0.5) is 0 Å². The number of rotatable bonds is 7. The number of fused-ring (bicyclic) bond motifs is 1. The second-order valence-corrected chi connectivity index (χ2v) is 10.4. The average molecular weight is 408 g/mol. The second kappa shape index (κ2) is 8.25. The minimum absolute atomic E-state index is 0.335. The van der Waals surface area contributed by atoms with E-state index in [9.17, 15) is 8.42 Å². The van der Waals surface area contributed by atoms with Gasteiger partial charge in [-0.2, -0.15) is 9.57 Å². The summed E-state index contributed by atoms with van der Waals surface area (Å²) in [5.74, 6) is 0.335. The van der Waals surface area contributed by atoms with Crippen molar-refractivity contribution in [2.24, 2.45) is 5.92 Å². The average Bonchev–Trinajstić information content (AvgIpc) is 3.24. The summed E-state index contributed by atoms with van der Waals surface area (Å²) < 4.78 is 34.2. The van der Waals surface area contributed by atoms with Crippen molar-refractivity contribution in [3.8, 4) is 6.07 Å². The van der Waals surface area contributed by atoms with Gasteiger partial charge in [0.1, 0.15) is 4.21 Å². The van der Waals surface area contributed by atoms with E-state index in [1.807, 2.05) is 13.0 Å². The van der Waals surface area contributed by atoms with Crippen LogP contribution in [0.15, 0.2) is 22.4 Å². The lowest BCUT2D eigenvalue weighted by Crippen LogP contribution is -2.33. The van der Waals surface area contributed by atoms with Crippen LogP contribution in [0, 0.1) is 24.2 Å². The molecule has 0 N–H and O–H groups in total. The molecule has 3 rings (SSSR count). The predicted octanol–water partition coefficient (Wildman–Crippen LogP) is 2.67. The van der Waals surface area contributed by atoms with Gasteiger partial charge in [-0.05, 0) is 55.0 Å². The zero-order valence-corrected chi connectivity index (χ0v) is 17.6. The summed E-state index contributed by atoms with van der Waals surface area (Å²) in [7, 11) is -0.188. The summed E-state index contributed by atoms with van der Waals surface area (Å²) in [4.78, 5) is 2.32. The monoisotopic (exact) mass is 407 g/mol. The van der Waals surface area contributed by atoms with E-state index in [0.717, 1.165) is 41.7 Å². The number of ether oxygens (including phenoxy) is 1. The zero-order valence-electron chi connectivity index (χ0n) is 15.9. The molecule has 0 saturated carbocycles. The molecule has 146 valence electrons. The van der Waals surface area contributed by atoms with E-state index in [-0.39, 0.29) is 0 Å². The summed E-state index contributed by atoms with van der Waals surface area (Å²) in [6.45, 7) is 5.82. The minimum Gasteiger partial charge on any atom is -0.383 e. The molecule has 2 heterocycles. The summed E-state index contributed by atoms with van der Waals surface area (Å²) in [5.41, 5.74) is 1.27. The van der Waals surface area contributed by atoms with Gasteiger partial charge >= 0.3 is 0 Å². The molecule has 1 aliphatic rings. The summed E-state index contributed by atoms with van der Waals surface area (Å²) in [6, 6.07) is 7.44. The number of nitrogens with zero attached hydrogens (tertiary/aromatic N) is 3. The third-order valence-electron chi connectivity index (χ3n) is 5.16. The van der Waals surface area contributed by atoms with Crippen LogP contribution in [-0.4, -0.2) is 64.6 Å². The molecule has 1 aliphatic heterocycles. The van der Waals surface area contributed by atoms with Crippen molar-refractivity contribution >= 4 is 31.4 Å². The van der Waals surface area contributed by atoms with Crippen LogP contribution in [0.25, 0.3) is 10.1 Å². The van der Waals surface area contributed by atoms with Crippen LogP contribution in [0.2, 0.25) is 0 Å². The van der Waals surface area contributed by atoms with E-state index in [0.29, 0.717) is 28.8 Å². The lowest BCUT2D eigenvalue weighted by atomic mass is 10.1. The van der Waals surface area contributed by atoms with E-state index < -0.39 is 10.0 Å². The third kappa shape index (κ3) is 4.18.